The number of thiazole rings is 1. The Morgan fingerprint density at radius 3 is 2.89 bits per heavy atom. The van der Waals surface area contributed by atoms with E-state index in [1.54, 1.807) is 18.2 Å². The fraction of sp³-hybridized carbons (Fsp3) is 0.100. The first kappa shape index (κ1) is 19.7. The van der Waals surface area contributed by atoms with E-state index in [0.717, 1.165) is 15.8 Å². The molecule has 0 saturated heterocycles. The van der Waals surface area contributed by atoms with Crippen molar-refractivity contribution in [1.82, 2.24) is 4.57 Å². The molecule has 28 heavy (non-hydrogen) atoms. The highest BCUT2D eigenvalue weighted by Gasteiger charge is 2.11. The van der Waals surface area contributed by atoms with Gasteiger partial charge in [0.05, 0.1) is 15.1 Å². The molecule has 0 fully saturated rings. The molecule has 0 N–H and O–H groups in total. The highest BCUT2D eigenvalue weighted by molar-refractivity contribution is 7.16. The molecule has 0 radical (unpaired) electrons. The van der Waals surface area contributed by atoms with Crippen LogP contribution in [0.5, 0.6) is 0 Å². The number of allylic oxidation sites excluding steroid dienone is 1. The number of carbonyl (C=O) groups is 1. The molecule has 1 heterocycles. The Balaban J connectivity index is 2.00. The van der Waals surface area contributed by atoms with Crippen LogP contribution in [0.15, 0.2) is 60.1 Å². The second-order valence-electron chi connectivity index (χ2n) is 5.94. The molecule has 1 amide bonds. The molecular formula is C20H16ClN3O3S. The molecule has 6 nitrogen and oxygen atoms in total. The Morgan fingerprint density at radius 2 is 2.18 bits per heavy atom. The second kappa shape index (κ2) is 8.33. The number of carbonyl (C=O) groups excluding carboxylic acids is 1. The van der Waals surface area contributed by atoms with Crippen LogP contribution in [0.3, 0.4) is 0 Å². The van der Waals surface area contributed by atoms with E-state index in [0.29, 0.717) is 21.9 Å². The Morgan fingerprint density at radius 1 is 1.39 bits per heavy atom. The summed E-state index contributed by atoms with van der Waals surface area (Å²) in [6.45, 7) is 6.18. The van der Waals surface area contributed by atoms with Gasteiger partial charge in [0, 0.05) is 29.8 Å². The van der Waals surface area contributed by atoms with Gasteiger partial charge in [-0.15, -0.1) is 6.58 Å². The van der Waals surface area contributed by atoms with Crippen LogP contribution in [-0.4, -0.2) is 15.4 Å². The standard InChI is InChI=1S/C20H16ClN3O3S/c1-3-11-23-19-13(2)16(21)8-9-17(19)28-20(23)22-18(25)10-7-14-5-4-6-15(12-14)24(26)27/h3-10,12H,1,11H2,2H3/b10-7+,22-20?. The van der Waals surface area contributed by atoms with E-state index in [4.69, 9.17) is 11.6 Å². The van der Waals surface area contributed by atoms with E-state index in [1.807, 2.05) is 23.6 Å². The zero-order chi connectivity index (χ0) is 20.3. The summed E-state index contributed by atoms with van der Waals surface area (Å²) >= 11 is 7.63. The van der Waals surface area contributed by atoms with E-state index < -0.39 is 10.8 Å². The van der Waals surface area contributed by atoms with Crippen LogP contribution in [0.1, 0.15) is 11.1 Å². The van der Waals surface area contributed by atoms with Crippen molar-refractivity contribution >= 4 is 50.8 Å². The summed E-state index contributed by atoms with van der Waals surface area (Å²) in [6, 6.07) is 9.76. The summed E-state index contributed by atoms with van der Waals surface area (Å²) in [5, 5.41) is 11.5. The van der Waals surface area contributed by atoms with Gasteiger partial charge >= 0.3 is 0 Å². The molecule has 3 aromatic rings. The van der Waals surface area contributed by atoms with Gasteiger partial charge in [0.15, 0.2) is 4.80 Å². The van der Waals surface area contributed by atoms with Gasteiger partial charge in [-0.3, -0.25) is 14.9 Å². The third kappa shape index (κ3) is 4.11. The van der Waals surface area contributed by atoms with Crippen LogP contribution in [0, 0.1) is 17.0 Å². The van der Waals surface area contributed by atoms with Crippen LogP contribution in [0.25, 0.3) is 16.3 Å². The van der Waals surface area contributed by atoms with E-state index >= 15 is 0 Å². The molecule has 8 heteroatoms. The first-order valence-electron chi connectivity index (χ1n) is 8.31. The highest BCUT2D eigenvalue weighted by Crippen LogP contribution is 2.27. The lowest BCUT2D eigenvalue weighted by Gasteiger charge is -2.05. The molecule has 3 rings (SSSR count). The van der Waals surface area contributed by atoms with Gasteiger partial charge in [0.25, 0.3) is 11.6 Å². The molecule has 0 aliphatic heterocycles. The van der Waals surface area contributed by atoms with E-state index in [1.165, 1.54) is 35.6 Å². The number of halogens is 1. The number of hydrogen-bond acceptors (Lipinski definition) is 4. The Bertz CT molecular complexity index is 1190. The summed E-state index contributed by atoms with van der Waals surface area (Å²) in [6.07, 6.45) is 4.53. The number of nitro benzene ring substituents is 1. The first-order chi connectivity index (χ1) is 13.4. The zero-order valence-electron chi connectivity index (χ0n) is 15.0. The summed E-state index contributed by atoms with van der Waals surface area (Å²) in [4.78, 5) is 27.4. The lowest BCUT2D eigenvalue weighted by Crippen LogP contribution is -2.16. The van der Waals surface area contributed by atoms with Crippen molar-refractivity contribution in [3.05, 3.63) is 86.2 Å². The number of nitrogens with zero attached hydrogens (tertiary/aromatic N) is 3. The Kier molecular flexibility index (Phi) is 5.87. The molecule has 0 unspecified atom stereocenters. The lowest BCUT2D eigenvalue weighted by atomic mass is 10.2. The number of benzene rings is 2. The number of aromatic nitrogens is 1. The van der Waals surface area contributed by atoms with Gasteiger partial charge in [-0.1, -0.05) is 41.1 Å². The van der Waals surface area contributed by atoms with E-state index in [-0.39, 0.29) is 5.69 Å². The first-order valence-corrected chi connectivity index (χ1v) is 9.50. The van der Waals surface area contributed by atoms with Gasteiger partial charge in [-0.25, -0.2) is 0 Å². The van der Waals surface area contributed by atoms with E-state index in [9.17, 15) is 14.9 Å². The number of nitro groups is 1. The zero-order valence-corrected chi connectivity index (χ0v) is 16.5. The number of non-ortho nitro benzene ring substituents is 1. The Hall–Kier alpha value is -3.03. The van der Waals surface area contributed by atoms with Gasteiger partial charge in [-0.2, -0.15) is 4.99 Å². The average molecular weight is 414 g/mol. The molecule has 0 saturated carbocycles. The van der Waals surface area contributed by atoms with Crippen molar-refractivity contribution in [2.24, 2.45) is 4.99 Å². The molecule has 1 aromatic heterocycles. The normalized spacial score (nSPS) is 12.0. The molecular weight excluding hydrogens is 398 g/mol. The third-order valence-corrected chi connectivity index (χ3v) is 5.50. The summed E-state index contributed by atoms with van der Waals surface area (Å²) in [5.41, 5.74) is 2.35. The molecule has 2 aromatic carbocycles. The number of amides is 1. The minimum atomic E-state index is -0.480. The predicted molar refractivity (Wildman–Crippen MR) is 112 cm³/mol. The minimum absolute atomic E-state index is 0.0350. The van der Waals surface area contributed by atoms with Crippen LogP contribution in [0.4, 0.5) is 5.69 Å². The monoisotopic (exact) mass is 413 g/mol. The number of aryl methyl sites for hydroxylation is 1. The quantitative estimate of drug-likeness (QED) is 0.258. The van der Waals surface area contributed by atoms with Crippen molar-refractivity contribution in [3.63, 3.8) is 0 Å². The van der Waals surface area contributed by atoms with Crippen molar-refractivity contribution in [3.8, 4) is 0 Å². The third-order valence-electron chi connectivity index (χ3n) is 4.05. The van der Waals surface area contributed by atoms with Gasteiger partial charge < -0.3 is 4.57 Å². The average Bonchev–Trinajstić information content (AvgIpc) is 3.01. The highest BCUT2D eigenvalue weighted by atomic mass is 35.5. The molecule has 0 aliphatic rings. The van der Waals surface area contributed by atoms with Gasteiger partial charge in [0.2, 0.25) is 0 Å². The fourth-order valence-electron chi connectivity index (χ4n) is 2.74. The summed E-state index contributed by atoms with van der Waals surface area (Å²) < 4.78 is 2.87. The van der Waals surface area contributed by atoms with Crippen LogP contribution in [0.2, 0.25) is 5.02 Å². The maximum atomic E-state index is 12.3. The lowest BCUT2D eigenvalue weighted by molar-refractivity contribution is -0.384. The summed E-state index contributed by atoms with van der Waals surface area (Å²) in [7, 11) is 0. The van der Waals surface area contributed by atoms with Crippen molar-refractivity contribution < 1.29 is 9.72 Å². The maximum absolute atomic E-state index is 12.3. The molecule has 0 atom stereocenters. The topological polar surface area (TPSA) is 77.5 Å². The largest absolute Gasteiger partial charge is 0.312 e. The molecule has 0 bridgehead atoms. The van der Waals surface area contributed by atoms with Crippen LogP contribution >= 0.6 is 22.9 Å². The van der Waals surface area contributed by atoms with Gasteiger partial charge in [0.1, 0.15) is 0 Å². The molecule has 0 spiro atoms. The number of fused-ring (bicyclic) bond motifs is 1. The summed E-state index contributed by atoms with van der Waals surface area (Å²) in [5.74, 6) is -0.459. The second-order valence-corrected chi connectivity index (χ2v) is 7.35. The van der Waals surface area contributed by atoms with Crippen LogP contribution in [-0.2, 0) is 11.3 Å². The van der Waals surface area contributed by atoms with Crippen LogP contribution < -0.4 is 4.80 Å². The smallest absolute Gasteiger partial charge is 0.272 e. The molecule has 0 aliphatic carbocycles. The number of hydrogen-bond donors (Lipinski definition) is 0. The molecule has 142 valence electrons. The van der Waals surface area contributed by atoms with Crippen molar-refractivity contribution in [2.75, 3.05) is 0 Å². The number of rotatable bonds is 5. The van der Waals surface area contributed by atoms with Gasteiger partial charge in [-0.05, 0) is 36.3 Å². The predicted octanol–water partition coefficient (Wildman–Crippen LogP) is 4.90. The Labute approximate surface area is 169 Å². The van der Waals surface area contributed by atoms with Crippen molar-refractivity contribution in [2.45, 2.75) is 13.5 Å². The fourth-order valence-corrected chi connectivity index (χ4v) is 4.00. The van der Waals surface area contributed by atoms with E-state index in [2.05, 4.69) is 11.6 Å². The SMILES string of the molecule is C=CCn1c(=NC(=O)/C=C/c2cccc([N+](=O)[O-])c2)sc2ccc(Cl)c(C)c21. The van der Waals surface area contributed by atoms with Crippen molar-refractivity contribution in [1.29, 1.82) is 0 Å². The maximum Gasteiger partial charge on any atom is 0.272 e. The minimum Gasteiger partial charge on any atom is -0.312 e.